The van der Waals surface area contributed by atoms with Gasteiger partial charge in [-0.05, 0) is 31.3 Å². The SMILES string of the molecule is C=CCN(C)CCNc1ccnc2cc(Cl)ccc12. The van der Waals surface area contributed by atoms with Gasteiger partial charge in [0.2, 0.25) is 0 Å². The fraction of sp³-hybridized carbons (Fsp3) is 0.267. The van der Waals surface area contributed by atoms with Crippen molar-refractivity contribution in [2.24, 2.45) is 0 Å². The highest BCUT2D eigenvalue weighted by Crippen LogP contribution is 2.24. The summed E-state index contributed by atoms with van der Waals surface area (Å²) >= 11 is 5.98. The van der Waals surface area contributed by atoms with Gasteiger partial charge in [-0.25, -0.2) is 0 Å². The summed E-state index contributed by atoms with van der Waals surface area (Å²) in [6, 6.07) is 7.76. The Kier molecular flexibility index (Phi) is 4.77. The van der Waals surface area contributed by atoms with Crippen molar-refractivity contribution in [3.63, 3.8) is 0 Å². The molecule has 1 aromatic carbocycles. The molecule has 2 rings (SSSR count). The molecule has 0 spiro atoms. The van der Waals surface area contributed by atoms with E-state index in [2.05, 4.69) is 28.8 Å². The summed E-state index contributed by atoms with van der Waals surface area (Å²) in [4.78, 5) is 6.54. The molecule has 1 aromatic heterocycles. The van der Waals surface area contributed by atoms with Gasteiger partial charge in [-0.15, -0.1) is 6.58 Å². The van der Waals surface area contributed by atoms with E-state index < -0.39 is 0 Å². The van der Waals surface area contributed by atoms with E-state index in [-0.39, 0.29) is 0 Å². The van der Waals surface area contributed by atoms with E-state index in [0.29, 0.717) is 5.02 Å². The molecule has 0 radical (unpaired) electrons. The molecular weight excluding hydrogens is 258 g/mol. The van der Waals surface area contributed by atoms with E-state index in [1.54, 1.807) is 6.20 Å². The van der Waals surface area contributed by atoms with Gasteiger partial charge in [0, 0.05) is 41.9 Å². The Morgan fingerprint density at radius 3 is 3.05 bits per heavy atom. The van der Waals surface area contributed by atoms with Crippen LogP contribution in [0.4, 0.5) is 5.69 Å². The molecule has 0 saturated heterocycles. The molecule has 0 fully saturated rings. The molecular formula is C15H18ClN3. The van der Waals surface area contributed by atoms with Gasteiger partial charge in [-0.3, -0.25) is 4.98 Å². The van der Waals surface area contributed by atoms with Gasteiger partial charge in [0.25, 0.3) is 0 Å². The Bertz CT molecular complexity index is 568. The first-order chi connectivity index (χ1) is 9.20. The number of aromatic nitrogens is 1. The Morgan fingerprint density at radius 2 is 2.26 bits per heavy atom. The van der Waals surface area contributed by atoms with Crippen LogP contribution in [0.1, 0.15) is 0 Å². The minimum absolute atomic E-state index is 0.711. The molecule has 0 atom stereocenters. The highest BCUT2D eigenvalue weighted by atomic mass is 35.5. The summed E-state index contributed by atoms with van der Waals surface area (Å²) in [7, 11) is 2.08. The molecule has 0 unspecified atom stereocenters. The molecule has 0 aliphatic carbocycles. The number of fused-ring (bicyclic) bond motifs is 1. The van der Waals surface area contributed by atoms with Crippen LogP contribution >= 0.6 is 11.6 Å². The predicted octanol–water partition coefficient (Wildman–Crippen LogP) is 3.42. The average Bonchev–Trinajstić information content (AvgIpc) is 2.39. The Labute approximate surface area is 118 Å². The molecule has 0 bridgehead atoms. The number of pyridine rings is 1. The lowest BCUT2D eigenvalue weighted by Crippen LogP contribution is -2.25. The molecule has 1 heterocycles. The third-order valence-electron chi connectivity index (χ3n) is 2.95. The topological polar surface area (TPSA) is 28.2 Å². The number of likely N-dealkylation sites (N-methyl/N-ethyl adjacent to an activating group) is 1. The maximum atomic E-state index is 5.98. The summed E-state index contributed by atoms with van der Waals surface area (Å²) in [5.74, 6) is 0. The third kappa shape index (κ3) is 3.69. The quantitative estimate of drug-likeness (QED) is 0.819. The fourth-order valence-electron chi connectivity index (χ4n) is 1.97. The number of rotatable bonds is 6. The molecule has 1 N–H and O–H groups in total. The van der Waals surface area contributed by atoms with Gasteiger partial charge >= 0.3 is 0 Å². The van der Waals surface area contributed by atoms with Gasteiger partial charge in [0.05, 0.1) is 5.52 Å². The summed E-state index contributed by atoms with van der Waals surface area (Å²) in [6.07, 6.45) is 3.71. The van der Waals surface area contributed by atoms with E-state index in [0.717, 1.165) is 36.2 Å². The summed E-state index contributed by atoms with van der Waals surface area (Å²) in [5, 5.41) is 5.24. The van der Waals surface area contributed by atoms with Gasteiger partial charge in [-0.1, -0.05) is 17.7 Å². The van der Waals surface area contributed by atoms with Crippen molar-refractivity contribution in [2.45, 2.75) is 0 Å². The summed E-state index contributed by atoms with van der Waals surface area (Å²) in [6.45, 7) is 6.47. The van der Waals surface area contributed by atoms with E-state index in [9.17, 15) is 0 Å². The van der Waals surface area contributed by atoms with Crippen LogP contribution < -0.4 is 5.32 Å². The van der Waals surface area contributed by atoms with E-state index in [1.807, 2.05) is 30.3 Å². The van der Waals surface area contributed by atoms with Crippen LogP contribution in [0.5, 0.6) is 0 Å². The molecule has 4 heteroatoms. The van der Waals surface area contributed by atoms with E-state index in [1.165, 1.54) is 0 Å². The van der Waals surface area contributed by atoms with Crippen LogP contribution in [0, 0.1) is 0 Å². The minimum Gasteiger partial charge on any atom is -0.383 e. The Balaban J connectivity index is 2.06. The van der Waals surface area contributed by atoms with Crippen molar-refractivity contribution in [2.75, 3.05) is 32.0 Å². The zero-order valence-electron chi connectivity index (χ0n) is 11.1. The number of nitrogens with zero attached hydrogens (tertiary/aromatic N) is 2. The number of benzene rings is 1. The van der Waals surface area contributed by atoms with Crippen molar-refractivity contribution >= 4 is 28.2 Å². The Hall–Kier alpha value is -1.58. The maximum Gasteiger partial charge on any atom is 0.0737 e. The smallest absolute Gasteiger partial charge is 0.0737 e. The van der Waals surface area contributed by atoms with Crippen LogP contribution in [0.2, 0.25) is 5.02 Å². The molecule has 2 aromatic rings. The number of nitrogens with one attached hydrogen (secondary N) is 1. The van der Waals surface area contributed by atoms with Crippen molar-refractivity contribution in [3.05, 3.63) is 48.1 Å². The normalized spacial score (nSPS) is 10.9. The largest absolute Gasteiger partial charge is 0.383 e. The molecule has 3 nitrogen and oxygen atoms in total. The number of hydrogen-bond donors (Lipinski definition) is 1. The van der Waals surface area contributed by atoms with E-state index in [4.69, 9.17) is 11.6 Å². The van der Waals surface area contributed by atoms with Gasteiger partial charge < -0.3 is 10.2 Å². The standard InChI is InChI=1S/C15H18ClN3/c1-3-9-19(2)10-8-18-14-6-7-17-15-11-12(16)4-5-13(14)15/h3-7,11H,1,8-10H2,2H3,(H,17,18). The van der Waals surface area contributed by atoms with Crippen LogP contribution in [0.3, 0.4) is 0 Å². The molecule has 0 amide bonds. The lowest BCUT2D eigenvalue weighted by atomic mass is 10.2. The third-order valence-corrected chi connectivity index (χ3v) is 3.19. The highest BCUT2D eigenvalue weighted by Gasteiger charge is 2.02. The first kappa shape index (κ1) is 13.8. The van der Waals surface area contributed by atoms with Gasteiger partial charge in [-0.2, -0.15) is 0 Å². The van der Waals surface area contributed by atoms with Crippen molar-refractivity contribution < 1.29 is 0 Å². The zero-order valence-corrected chi connectivity index (χ0v) is 11.8. The maximum absolute atomic E-state index is 5.98. The van der Waals surface area contributed by atoms with Gasteiger partial charge in [0.1, 0.15) is 0 Å². The highest BCUT2D eigenvalue weighted by molar-refractivity contribution is 6.31. The zero-order chi connectivity index (χ0) is 13.7. The molecule has 19 heavy (non-hydrogen) atoms. The lowest BCUT2D eigenvalue weighted by Gasteiger charge is -2.15. The average molecular weight is 276 g/mol. The Morgan fingerprint density at radius 1 is 1.42 bits per heavy atom. The van der Waals surface area contributed by atoms with E-state index >= 15 is 0 Å². The first-order valence-electron chi connectivity index (χ1n) is 6.28. The van der Waals surface area contributed by atoms with Crippen LogP contribution in [-0.2, 0) is 0 Å². The van der Waals surface area contributed by atoms with Crippen LogP contribution in [0.25, 0.3) is 10.9 Å². The van der Waals surface area contributed by atoms with Crippen molar-refractivity contribution in [1.82, 2.24) is 9.88 Å². The first-order valence-corrected chi connectivity index (χ1v) is 6.66. The molecule has 0 saturated carbocycles. The number of hydrogen-bond acceptors (Lipinski definition) is 3. The molecule has 100 valence electrons. The summed E-state index contributed by atoms with van der Waals surface area (Å²) < 4.78 is 0. The number of anilines is 1. The second-order valence-electron chi connectivity index (χ2n) is 4.50. The summed E-state index contributed by atoms with van der Waals surface area (Å²) in [5.41, 5.74) is 2.01. The predicted molar refractivity (Wildman–Crippen MR) is 82.9 cm³/mol. The monoisotopic (exact) mass is 275 g/mol. The van der Waals surface area contributed by atoms with Crippen molar-refractivity contribution in [1.29, 1.82) is 0 Å². The number of halogens is 1. The second-order valence-corrected chi connectivity index (χ2v) is 4.93. The van der Waals surface area contributed by atoms with Crippen LogP contribution in [-0.4, -0.2) is 36.6 Å². The lowest BCUT2D eigenvalue weighted by molar-refractivity contribution is 0.385. The fourth-order valence-corrected chi connectivity index (χ4v) is 2.13. The minimum atomic E-state index is 0.711. The molecule has 0 aliphatic rings. The van der Waals surface area contributed by atoms with Crippen LogP contribution in [0.15, 0.2) is 43.1 Å². The van der Waals surface area contributed by atoms with Crippen molar-refractivity contribution in [3.8, 4) is 0 Å². The van der Waals surface area contributed by atoms with Gasteiger partial charge in [0.15, 0.2) is 0 Å². The second kappa shape index (κ2) is 6.55. The molecule has 0 aliphatic heterocycles.